The average Bonchev–Trinajstić information content (AvgIpc) is 2.45. The lowest BCUT2D eigenvalue weighted by molar-refractivity contribution is -0.123. The fraction of sp³-hybridized carbons (Fsp3) is 0.385. The Morgan fingerprint density at radius 3 is 2.62 bits per heavy atom. The molecule has 0 saturated carbocycles. The highest BCUT2D eigenvalue weighted by molar-refractivity contribution is 14.1. The number of halogens is 2. The minimum absolute atomic E-state index is 0. The van der Waals surface area contributed by atoms with Crippen LogP contribution in [-0.4, -0.2) is 45.7 Å². The Morgan fingerprint density at radius 2 is 2.00 bits per heavy atom. The molecule has 0 saturated heterocycles. The summed E-state index contributed by atoms with van der Waals surface area (Å²) in [6.07, 6.45) is 0. The Hall–Kier alpha value is -1.06. The van der Waals surface area contributed by atoms with Crippen LogP contribution in [0.1, 0.15) is 10.4 Å². The third-order valence-electron chi connectivity index (χ3n) is 2.40. The molecule has 1 aromatic rings. The molecule has 0 heterocycles. The largest absolute Gasteiger partial charge is 0.483 e. The van der Waals surface area contributed by atoms with Crippen LogP contribution in [0.15, 0.2) is 18.2 Å². The summed E-state index contributed by atoms with van der Waals surface area (Å²) in [7, 11) is 3.10. The van der Waals surface area contributed by atoms with Crippen LogP contribution in [0.2, 0.25) is 0 Å². The lowest BCUT2D eigenvalue weighted by Gasteiger charge is -2.11. The van der Waals surface area contributed by atoms with Crippen molar-refractivity contribution in [3.05, 3.63) is 27.3 Å². The molecule has 0 aromatic heterocycles. The average molecular weight is 429 g/mol. The van der Waals surface area contributed by atoms with Gasteiger partial charge in [0, 0.05) is 16.7 Å². The summed E-state index contributed by atoms with van der Waals surface area (Å²) < 4.78 is 10.9. The molecule has 0 bridgehead atoms. The van der Waals surface area contributed by atoms with Crippen LogP contribution >= 0.6 is 35.0 Å². The van der Waals surface area contributed by atoms with Crippen molar-refractivity contribution in [2.24, 2.45) is 0 Å². The molecule has 2 N–H and O–H groups in total. The fourth-order valence-electron chi connectivity index (χ4n) is 1.42. The van der Waals surface area contributed by atoms with E-state index in [-0.39, 0.29) is 24.9 Å². The van der Waals surface area contributed by atoms with E-state index in [2.05, 4.69) is 38.0 Å². The number of esters is 1. The van der Waals surface area contributed by atoms with Crippen molar-refractivity contribution < 1.29 is 19.1 Å². The van der Waals surface area contributed by atoms with Crippen molar-refractivity contribution in [1.29, 1.82) is 0 Å². The summed E-state index contributed by atoms with van der Waals surface area (Å²) in [5.41, 5.74) is 0.308. The predicted molar refractivity (Wildman–Crippen MR) is 90.2 cm³/mol. The van der Waals surface area contributed by atoms with Gasteiger partial charge in [-0.25, -0.2) is 4.79 Å². The van der Waals surface area contributed by atoms with Crippen LogP contribution in [0.4, 0.5) is 0 Å². The van der Waals surface area contributed by atoms with Gasteiger partial charge in [0.2, 0.25) is 0 Å². The highest BCUT2D eigenvalue weighted by Gasteiger charge is 2.14. The lowest BCUT2D eigenvalue weighted by atomic mass is 10.2. The molecule has 1 aromatic carbocycles. The van der Waals surface area contributed by atoms with E-state index in [1.54, 1.807) is 25.2 Å². The van der Waals surface area contributed by atoms with Gasteiger partial charge in [-0.15, -0.1) is 12.4 Å². The number of carbonyl (C=O) groups excluding carboxylic acids is 2. The summed E-state index contributed by atoms with van der Waals surface area (Å²) >= 11 is 2.09. The first kappa shape index (κ1) is 19.9. The molecular formula is C13H18ClIN2O4. The van der Waals surface area contributed by atoms with E-state index in [0.29, 0.717) is 24.4 Å². The van der Waals surface area contributed by atoms with Crippen LogP contribution in [0.25, 0.3) is 0 Å². The third-order valence-corrected chi connectivity index (χ3v) is 3.07. The molecule has 6 nitrogen and oxygen atoms in total. The van der Waals surface area contributed by atoms with Crippen molar-refractivity contribution in [3.63, 3.8) is 0 Å². The smallest absolute Gasteiger partial charge is 0.341 e. The molecule has 0 radical (unpaired) electrons. The topological polar surface area (TPSA) is 76.7 Å². The summed E-state index contributed by atoms with van der Waals surface area (Å²) in [5, 5.41) is 5.60. The number of nitrogens with one attached hydrogen (secondary N) is 2. The quantitative estimate of drug-likeness (QED) is 0.388. The minimum Gasteiger partial charge on any atom is -0.483 e. The second kappa shape index (κ2) is 10.6. The molecule has 0 aliphatic carbocycles. The maximum Gasteiger partial charge on any atom is 0.341 e. The van der Waals surface area contributed by atoms with E-state index in [9.17, 15) is 9.59 Å². The van der Waals surface area contributed by atoms with Gasteiger partial charge in [0.1, 0.15) is 11.3 Å². The number of hydrogen-bond donors (Lipinski definition) is 2. The first-order valence-electron chi connectivity index (χ1n) is 6.00. The molecule has 21 heavy (non-hydrogen) atoms. The van der Waals surface area contributed by atoms with E-state index in [0.717, 1.165) is 3.57 Å². The first-order valence-corrected chi connectivity index (χ1v) is 7.08. The number of methoxy groups -OCH3 is 1. The number of likely N-dealkylation sites (N-methyl/N-ethyl adjacent to an activating group) is 1. The molecular weight excluding hydrogens is 411 g/mol. The minimum atomic E-state index is -0.492. The fourth-order valence-corrected chi connectivity index (χ4v) is 1.91. The van der Waals surface area contributed by atoms with Gasteiger partial charge in [0.05, 0.1) is 7.11 Å². The van der Waals surface area contributed by atoms with Gasteiger partial charge in [-0.1, -0.05) is 0 Å². The molecule has 0 unspecified atom stereocenters. The Morgan fingerprint density at radius 1 is 1.29 bits per heavy atom. The van der Waals surface area contributed by atoms with E-state index in [1.807, 2.05) is 0 Å². The van der Waals surface area contributed by atoms with Gasteiger partial charge >= 0.3 is 5.97 Å². The van der Waals surface area contributed by atoms with Gasteiger partial charge in [-0.3, -0.25) is 4.79 Å². The Labute approximate surface area is 143 Å². The number of ether oxygens (including phenoxy) is 2. The van der Waals surface area contributed by atoms with Gasteiger partial charge in [0.15, 0.2) is 6.61 Å². The van der Waals surface area contributed by atoms with Gasteiger partial charge in [-0.05, 0) is 47.8 Å². The van der Waals surface area contributed by atoms with Gasteiger partial charge in [0.25, 0.3) is 5.91 Å². The van der Waals surface area contributed by atoms with Crippen molar-refractivity contribution >= 4 is 46.9 Å². The molecule has 0 aliphatic heterocycles. The van der Waals surface area contributed by atoms with Crippen molar-refractivity contribution in [3.8, 4) is 5.75 Å². The zero-order chi connectivity index (χ0) is 15.0. The second-order valence-corrected chi connectivity index (χ2v) is 5.12. The van der Waals surface area contributed by atoms with E-state index in [1.165, 1.54) is 7.11 Å². The van der Waals surface area contributed by atoms with Crippen molar-refractivity contribution in [2.75, 3.05) is 33.9 Å². The van der Waals surface area contributed by atoms with E-state index >= 15 is 0 Å². The number of carbonyl (C=O) groups is 2. The summed E-state index contributed by atoms with van der Waals surface area (Å²) in [6, 6.07) is 5.09. The summed E-state index contributed by atoms with van der Waals surface area (Å²) in [6.45, 7) is 1.06. The monoisotopic (exact) mass is 428 g/mol. The zero-order valence-electron chi connectivity index (χ0n) is 11.8. The maximum absolute atomic E-state index is 11.6. The molecule has 118 valence electrons. The molecule has 0 spiro atoms. The highest BCUT2D eigenvalue weighted by Crippen LogP contribution is 2.22. The van der Waals surface area contributed by atoms with Crippen molar-refractivity contribution in [1.82, 2.24) is 10.6 Å². The van der Waals surface area contributed by atoms with Crippen LogP contribution < -0.4 is 15.4 Å². The zero-order valence-corrected chi connectivity index (χ0v) is 14.7. The van der Waals surface area contributed by atoms with Crippen LogP contribution in [0, 0.1) is 3.57 Å². The molecule has 0 fully saturated rings. The normalized spacial score (nSPS) is 9.48. The number of rotatable bonds is 7. The number of benzene rings is 1. The van der Waals surface area contributed by atoms with Crippen molar-refractivity contribution in [2.45, 2.75) is 0 Å². The van der Waals surface area contributed by atoms with Gasteiger partial charge < -0.3 is 20.1 Å². The van der Waals surface area contributed by atoms with Crippen LogP contribution in [-0.2, 0) is 9.53 Å². The number of hydrogen-bond acceptors (Lipinski definition) is 5. The predicted octanol–water partition coefficient (Wildman–Crippen LogP) is 1.21. The lowest BCUT2D eigenvalue weighted by Crippen LogP contribution is -2.34. The van der Waals surface area contributed by atoms with Crippen LogP contribution in [0.5, 0.6) is 5.75 Å². The van der Waals surface area contributed by atoms with Gasteiger partial charge in [-0.2, -0.15) is 0 Å². The Kier molecular flexibility index (Phi) is 10.1. The Balaban J connectivity index is 0.00000400. The third kappa shape index (κ3) is 6.96. The summed E-state index contributed by atoms with van der Waals surface area (Å²) in [4.78, 5) is 23.2. The Bertz CT molecular complexity index is 485. The van der Waals surface area contributed by atoms with E-state index in [4.69, 9.17) is 4.74 Å². The molecule has 1 amide bonds. The highest BCUT2D eigenvalue weighted by atomic mass is 127. The molecule has 0 atom stereocenters. The van der Waals surface area contributed by atoms with Crippen LogP contribution in [0.3, 0.4) is 0 Å². The maximum atomic E-state index is 11.6. The SMILES string of the molecule is CNCCNC(=O)COc1ccc(I)cc1C(=O)OC.Cl. The second-order valence-electron chi connectivity index (χ2n) is 3.87. The molecule has 0 aliphatic rings. The standard InChI is InChI=1S/C13H17IN2O4.ClH/c1-15-5-6-16-12(17)8-20-11-4-3-9(14)7-10(11)13(18)19-2;/h3-4,7,15H,5-6,8H2,1-2H3,(H,16,17);1H. The van der Waals surface area contributed by atoms with E-state index < -0.39 is 5.97 Å². The first-order chi connectivity index (χ1) is 9.58. The molecule has 1 rings (SSSR count). The number of amides is 1. The molecule has 8 heteroatoms. The summed E-state index contributed by atoms with van der Waals surface area (Å²) in [5.74, 6) is -0.398.